The standard InChI is InChI=1S/C11H15BrN2O2/c12-9-2-1-3-10(13-9)14-11(8-15)4-6-16-7-5-11/h1-3,15H,4-8H2,(H,13,14). The van der Waals surface area contributed by atoms with Crippen LogP contribution in [0.1, 0.15) is 12.8 Å². The van der Waals surface area contributed by atoms with E-state index in [0.29, 0.717) is 13.2 Å². The third-order valence-electron chi connectivity index (χ3n) is 2.86. The zero-order chi connectivity index (χ0) is 11.4. The van der Waals surface area contributed by atoms with Crippen LogP contribution in [0.3, 0.4) is 0 Å². The largest absolute Gasteiger partial charge is 0.394 e. The minimum absolute atomic E-state index is 0.102. The van der Waals surface area contributed by atoms with Crippen LogP contribution in [-0.2, 0) is 4.74 Å². The quantitative estimate of drug-likeness (QED) is 0.832. The molecule has 1 aliphatic rings. The Morgan fingerprint density at radius 2 is 2.19 bits per heavy atom. The lowest BCUT2D eigenvalue weighted by Crippen LogP contribution is -2.47. The Kier molecular flexibility index (Phi) is 3.78. The van der Waals surface area contributed by atoms with Gasteiger partial charge in [-0.15, -0.1) is 0 Å². The average molecular weight is 287 g/mol. The number of nitrogens with one attached hydrogen (secondary N) is 1. The van der Waals surface area contributed by atoms with Crippen molar-refractivity contribution in [3.63, 3.8) is 0 Å². The molecule has 16 heavy (non-hydrogen) atoms. The predicted molar refractivity (Wildman–Crippen MR) is 65.4 cm³/mol. The molecule has 2 N–H and O–H groups in total. The van der Waals surface area contributed by atoms with Gasteiger partial charge in [0.1, 0.15) is 10.4 Å². The highest BCUT2D eigenvalue weighted by molar-refractivity contribution is 9.10. The number of aliphatic hydroxyl groups excluding tert-OH is 1. The molecule has 0 atom stereocenters. The van der Waals surface area contributed by atoms with Crippen LogP contribution in [0.15, 0.2) is 22.8 Å². The molecule has 1 saturated heterocycles. The smallest absolute Gasteiger partial charge is 0.127 e. The Bertz CT molecular complexity index is 354. The fourth-order valence-electron chi connectivity index (χ4n) is 1.83. The van der Waals surface area contributed by atoms with Gasteiger partial charge in [-0.25, -0.2) is 4.98 Å². The summed E-state index contributed by atoms with van der Waals surface area (Å²) < 4.78 is 6.10. The van der Waals surface area contributed by atoms with E-state index in [4.69, 9.17) is 4.74 Å². The second-order valence-corrected chi connectivity index (χ2v) is 4.83. The maximum Gasteiger partial charge on any atom is 0.127 e. The van der Waals surface area contributed by atoms with Gasteiger partial charge in [-0.2, -0.15) is 0 Å². The van der Waals surface area contributed by atoms with E-state index in [1.54, 1.807) is 0 Å². The van der Waals surface area contributed by atoms with E-state index in [1.807, 2.05) is 18.2 Å². The highest BCUT2D eigenvalue weighted by Crippen LogP contribution is 2.25. The van der Waals surface area contributed by atoms with Crippen LogP contribution in [0.5, 0.6) is 0 Å². The number of hydrogen-bond acceptors (Lipinski definition) is 4. The van der Waals surface area contributed by atoms with E-state index in [9.17, 15) is 5.11 Å². The maximum atomic E-state index is 9.51. The fraction of sp³-hybridized carbons (Fsp3) is 0.545. The van der Waals surface area contributed by atoms with Gasteiger partial charge in [-0.1, -0.05) is 6.07 Å². The lowest BCUT2D eigenvalue weighted by molar-refractivity contribution is 0.0378. The van der Waals surface area contributed by atoms with Gasteiger partial charge in [-0.3, -0.25) is 0 Å². The van der Waals surface area contributed by atoms with E-state index < -0.39 is 0 Å². The van der Waals surface area contributed by atoms with Crippen molar-refractivity contribution < 1.29 is 9.84 Å². The minimum Gasteiger partial charge on any atom is -0.394 e. The predicted octanol–water partition coefficient (Wildman–Crippen LogP) is 1.80. The average Bonchev–Trinajstić information content (AvgIpc) is 2.30. The first-order valence-corrected chi connectivity index (χ1v) is 6.13. The Morgan fingerprint density at radius 1 is 1.44 bits per heavy atom. The molecule has 2 heterocycles. The molecule has 5 heteroatoms. The van der Waals surface area contributed by atoms with Crippen LogP contribution < -0.4 is 5.32 Å². The summed E-state index contributed by atoms with van der Waals surface area (Å²) in [6.45, 7) is 1.47. The van der Waals surface area contributed by atoms with Crippen LogP contribution in [0.4, 0.5) is 5.82 Å². The topological polar surface area (TPSA) is 54.4 Å². The van der Waals surface area contributed by atoms with Crippen molar-refractivity contribution in [2.45, 2.75) is 18.4 Å². The van der Waals surface area contributed by atoms with Gasteiger partial charge in [0.25, 0.3) is 0 Å². The molecule has 2 rings (SSSR count). The number of aromatic nitrogens is 1. The second kappa shape index (κ2) is 5.12. The van der Waals surface area contributed by atoms with E-state index in [0.717, 1.165) is 23.3 Å². The number of aliphatic hydroxyl groups is 1. The summed E-state index contributed by atoms with van der Waals surface area (Å²) in [5.41, 5.74) is -0.286. The Balaban J connectivity index is 2.11. The van der Waals surface area contributed by atoms with E-state index in [1.165, 1.54) is 0 Å². The van der Waals surface area contributed by atoms with Crippen molar-refractivity contribution in [2.24, 2.45) is 0 Å². The number of rotatable bonds is 3. The molecule has 4 nitrogen and oxygen atoms in total. The third-order valence-corrected chi connectivity index (χ3v) is 3.30. The lowest BCUT2D eigenvalue weighted by Gasteiger charge is -2.36. The number of hydrogen-bond donors (Lipinski definition) is 2. The van der Waals surface area contributed by atoms with Gasteiger partial charge in [0, 0.05) is 13.2 Å². The van der Waals surface area contributed by atoms with Crippen molar-refractivity contribution >= 4 is 21.7 Å². The molecule has 0 unspecified atom stereocenters. The number of ether oxygens (including phenoxy) is 1. The second-order valence-electron chi connectivity index (χ2n) is 4.02. The number of pyridine rings is 1. The summed E-state index contributed by atoms with van der Waals surface area (Å²) in [6.07, 6.45) is 1.61. The van der Waals surface area contributed by atoms with Gasteiger partial charge in [0.2, 0.25) is 0 Å². The van der Waals surface area contributed by atoms with Crippen molar-refractivity contribution in [1.82, 2.24) is 4.98 Å². The third kappa shape index (κ3) is 2.72. The Morgan fingerprint density at radius 3 is 2.81 bits per heavy atom. The zero-order valence-electron chi connectivity index (χ0n) is 8.95. The van der Waals surface area contributed by atoms with E-state index in [2.05, 4.69) is 26.2 Å². The first kappa shape index (κ1) is 11.8. The summed E-state index contributed by atoms with van der Waals surface area (Å²) in [6, 6.07) is 5.70. The highest BCUT2D eigenvalue weighted by Gasteiger charge is 2.32. The molecular weight excluding hydrogens is 272 g/mol. The van der Waals surface area contributed by atoms with Gasteiger partial charge < -0.3 is 15.2 Å². The number of anilines is 1. The van der Waals surface area contributed by atoms with Crippen molar-refractivity contribution in [3.8, 4) is 0 Å². The normalized spacial score (nSPS) is 19.4. The molecule has 0 aromatic carbocycles. The Labute approximate surface area is 103 Å². The number of halogens is 1. The fourth-order valence-corrected chi connectivity index (χ4v) is 2.18. The Hall–Kier alpha value is -0.650. The number of nitrogens with zero attached hydrogens (tertiary/aromatic N) is 1. The molecule has 0 radical (unpaired) electrons. The van der Waals surface area contributed by atoms with Gasteiger partial charge in [0.15, 0.2) is 0 Å². The van der Waals surface area contributed by atoms with Gasteiger partial charge in [-0.05, 0) is 40.9 Å². The molecule has 1 aromatic rings. The molecule has 0 spiro atoms. The first-order chi connectivity index (χ1) is 7.74. The molecule has 88 valence electrons. The summed E-state index contributed by atoms with van der Waals surface area (Å²) >= 11 is 3.33. The van der Waals surface area contributed by atoms with Gasteiger partial charge in [0.05, 0.1) is 12.1 Å². The summed E-state index contributed by atoms with van der Waals surface area (Å²) in [5, 5.41) is 12.8. The minimum atomic E-state index is -0.286. The molecule has 1 fully saturated rings. The first-order valence-electron chi connectivity index (χ1n) is 5.33. The summed E-state index contributed by atoms with van der Waals surface area (Å²) in [7, 11) is 0. The molecular formula is C11H15BrN2O2. The summed E-state index contributed by atoms with van der Waals surface area (Å²) in [4.78, 5) is 4.31. The van der Waals surface area contributed by atoms with Crippen molar-refractivity contribution in [3.05, 3.63) is 22.8 Å². The van der Waals surface area contributed by atoms with Crippen molar-refractivity contribution in [2.75, 3.05) is 25.1 Å². The van der Waals surface area contributed by atoms with E-state index in [-0.39, 0.29) is 12.1 Å². The van der Waals surface area contributed by atoms with Crippen LogP contribution in [0.25, 0.3) is 0 Å². The molecule has 0 aliphatic carbocycles. The molecule has 1 aromatic heterocycles. The molecule has 0 saturated carbocycles. The van der Waals surface area contributed by atoms with Crippen LogP contribution in [0.2, 0.25) is 0 Å². The lowest BCUT2D eigenvalue weighted by atomic mass is 9.91. The summed E-state index contributed by atoms with van der Waals surface area (Å²) in [5.74, 6) is 0.783. The SMILES string of the molecule is OCC1(Nc2cccc(Br)n2)CCOCC1. The maximum absolute atomic E-state index is 9.51. The monoisotopic (exact) mass is 286 g/mol. The van der Waals surface area contributed by atoms with Crippen molar-refractivity contribution in [1.29, 1.82) is 0 Å². The molecule has 0 bridgehead atoms. The van der Waals surface area contributed by atoms with Crippen LogP contribution >= 0.6 is 15.9 Å². The van der Waals surface area contributed by atoms with Crippen LogP contribution in [-0.4, -0.2) is 35.5 Å². The highest BCUT2D eigenvalue weighted by atomic mass is 79.9. The molecule has 0 amide bonds. The zero-order valence-corrected chi connectivity index (χ0v) is 10.5. The van der Waals surface area contributed by atoms with Gasteiger partial charge >= 0.3 is 0 Å². The van der Waals surface area contributed by atoms with Crippen LogP contribution in [0, 0.1) is 0 Å². The van der Waals surface area contributed by atoms with E-state index >= 15 is 0 Å². The molecule has 1 aliphatic heterocycles.